The molecule has 1 aromatic heterocycles. The van der Waals surface area contributed by atoms with Crippen LogP contribution in [0.1, 0.15) is 57.2 Å². The largest absolute Gasteiger partial charge is 0.507 e. The summed E-state index contributed by atoms with van der Waals surface area (Å²) in [6, 6.07) is 3.36. The van der Waals surface area contributed by atoms with E-state index in [2.05, 4.69) is 31.9 Å². The molecule has 1 heterocycles. The second kappa shape index (κ2) is 14.2. The van der Waals surface area contributed by atoms with Crippen LogP contribution in [-0.4, -0.2) is 34.1 Å². The molecule has 3 rings (SSSR count). The first-order valence-corrected chi connectivity index (χ1v) is 15.0. The Hall–Kier alpha value is -2.29. The third-order valence-corrected chi connectivity index (χ3v) is 7.25. The van der Waals surface area contributed by atoms with Gasteiger partial charge < -0.3 is 24.1 Å². The number of aliphatic hydroxyl groups excluding tert-OH is 1. The number of ether oxygens (including phenoxy) is 2. The van der Waals surface area contributed by atoms with Crippen LogP contribution in [0.5, 0.6) is 17.2 Å². The van der Waals surface area contributed by atoms with Crippen molar-refractivity contribution in [2.45, 2.75) is 60.0 Å². The average Bonchev–Trinajstić information content (AvgIpc) is 2.86. The van der Waals surface area contributed by atoms with Crippen molar-refractivity contribution >= 4 is 53.8 Å². The zero-order valence-electron chi connectivity index (χ0n) is 22.5. The van der Waals surface area contributed by atoms with Crippen molar-refractivity contribution in [2.24, 2.45) is 0 Å². The molecule has 0 atom stereocenters. The Kier molecular flexibility index (Phi) is 11.3. The van der Waals surface area contributed by atoms with Gasteiger partial charge in [0.2, 0.25) is 5.43 Å². The van der Waals surface area contributed by atoms with Gasteiger partial charge in [-0.25, -0.2) is 0 Å². The normalized spacial score (nSPS) is 11.1. The monoisotopic (exact) mass is 650 g/mol. The number of hydrogen-bond donors (Lipinski definition) is 2. The highest BCUT2D eigenvalue weighted by atomic mass is 79.9. The van der Waals surface area contributed by atoms with E-state index in [1.165, 1.54) is 0 Å². The molecule has 0 aliphatic rings. The minimum atomic E-state index is -0.344. The average molecular weight is 652 g/mol. The summed E-state index contributed by atoms with van der Waals surface area (Å²) in [6.45, 7) is 8.53. The Labute approximate surface area is 240 Å². The first-order chi connectivity index (χ1) is 18.2. The molecule has 0 bridgehead atoms. The number of phenolic OH excluding ortho intramolecular Hbond substituents is 1. The highest BCUT2D eigenvalue weighted by molar-refractivity contribution is 9.09. The molecule has 0 fully saturated rings. The van der Waals surface area contributed by atoms with Crippen molar-refractivity contribution in [3.8, 4) is 17.2 Å². The Bertz CT molecular complexity index is 1400. The Balaban J connectivity index is 2.38. The first-order valence-electron chi connectivity index (χ1n) is 12.8. The molecule has 0 radical (unpaired) electrons. The summed E-state index contributed by atoms with van der Waals surface area (Å²) in [7, 11) is 0. The molecule has 0 aliphatic heterocycles. The molecule has 0 saturated carbocycles. The topological polar surface area (TPSA) is 89.1 Å². The SMILES string of the molecule is CC(C)=CCc1c(OCCCBr)cc2oc3cc(OCCCBr)c(CO)c(CC=C(C)C)c3c(=O)c2c1O. The molecule has 0 aliphatic carbocycles. The third-order valence-electron chi connectivity index (χ3n) is 6.13. The van der Waals surface area contributed by atoms with E-state index >= 15 is 0 Å². The highest BCUT2D eigenvalue weighted by Gasteiger charge is 2.23. The number of phenols is 1. The number of alkyl halides is 2. The summed E-state index contributed by atoms with van der Waals surface area (Å²) in [5, 5.41) is 23.7. The van der Waals surface area contributed by atoms with E-state index in [9.17, 15) is 15.0 Å². The van der Waals surface area contributed by atoms with Gasteiger partial charge in [0.05, 0.1) is 25.2 Å². The van der Waals surface area contributed by atoms with Gasteiger partial charge >= 0.3 is 0 Å². The van der Waals surface area contributed by atoms with E-state index in [1.54, 1.807) is 12.1 Å². The van der Waals surface area contributed by atoms with Gasteiger partial charge in [0.15, 0.2) is 0 Å². The molecule has 0 spiro atoms. The van der Waals surface area contributed by atoms with Crippen LogP contribution >= 0.6 is 31.9 Å². The number of allylic oxidation sites excluding steroid dienone is 4. The van der Waals surface area contributed by atoms with Gasteiger partial charge in [-0.3, -0.25) is 4.79 Å². The number of fused-ring (bicyclic) bond motifs is 2. The fourth-order valence-corrected chi connectivity index (χ4v) is 4.66. The third kappa shape index (κ3) is 7.01. The zero-order chi connectivity index (χ0) is 27.8. The van der Waals surface area contributed by atoms with Gasteiger partial charge in [-0.2, -0.15) is 0 Å². The summed E-state index contributed by atoms with van der Waals surface area (Å²) in [6.07, 6.45) is 6.39. The second-order valence-corrected chi connectivity index (χ2v) is 11.2. The second-order valence-electron chi connectivity index (χ2n) is 9.62. The Morgan fingerprint density at radius 3 is 1.84 bits per heavy atom. The van der Waals surface area contributed by atoms with Crippen molar-refractivity contribution in [2.75, 3.05) is 23.9 Å². The molecule has 8 heteroatoms. The van der Waals surface area contributed by atoms with Crippen LogP contribution in [0.3, 0.4) is 0 Å². The van der Waals surface area contributed by atoms with Crippen LogP contribution in [-0.2, 0) is 19.4 Å². The van der Waals surface area contributed by atoms with Crippen LogP contribution in [0.2, 0.25) is 0 Å². The van der Waals surface area contributed by atoms with Crippen LogP contribution in [0, 0.1) is 0 Å². The maximum Gasteiger partial charge on any atom is 0.204 e. The van der Waals surface area contributed by atoms with Gasteiger partial charge in [0.1, 0.15) is 33.8 Å². The maximum absolute atomic E-state index is 14.0. The predicted octanol–water partition coefficient (Wildman–Crippen LogP) is 7.49. The van der Waals surface area contributed by atoms with Crippen molar-refractivity contribution in [3.63, 3.8) is 0 Å². The zero-order valence-corrected chi connectivity index (χ0v) is 25.6. The summed E-state index contributed by atoms with van der Waals surface area (Å²) in [5.74, 6) is 0.834. The molecule has 0 saturated heterocycles. The van der Waals surface area contributed by atoms with Crippen LogP contribution in [0.15, 0.2) is 44.6 Å². The molecule has 0 amide bonds. The van der Waals surface area contributed by atoms with Gasteiger partial charge in [-0.05, 0) is 58.9 Å². The fraction of sp³-hybridized carbons (Fsp3) is 0.433. The summed E-state index contributed by atoms with van der Waals surface area (Å²) in [4.78, 5) is 14.0. The molecule has 0 unspecified atom stereocenters. The maximum atomic E-state index is 14.0. The molecule has 6 nitrogen and oxygen atoms in total. The molecule has 3 aromatic rings. The first kappa shape index (κ1) is 30.3. The quantitative estimate of drug-likeness (QED) is 0.0862. The van der Waals surface area contributed by atoms with Gasteiger partial charge in [-0.1, -0.05) is 55.2 Å². The standard InChI is InChI=1S/C30H36Br2O6/c1-18(2)7-9-20-22(17-33)24(37-14-6-12-32)16-25-27(20)30(35)28-26(38-25)15-23(36-13-5-11-31)21(29(28)34)10-8-19(3)4/h7-8,15-16,33-34H,5-6,9-14,17H2,1-4H3. The van der Waals surface area contributed by atoms with Gasteiger partial charge in [-0.15, -0.1) is 0 Å². The lowest BCUT2D eigenvalue weighted by molar-refractivity contribution is 0.262. The Morgan fingerprint density at radius 2 is 1.34 bits per heavy atom. The molecule has 2 aromatic carbocycles. The predicted molar refractivity (Wildman–Crippen MR) is 162 cm³/mol. The lowest BCUT2D eigenvalue weighted by Crippen LogP contribution is -2.11. The number of hydrogen-bond acceptors (Lipinski definition) is 6. The minimum Gasteiger partial charge on any atom is -0.507 e. The van der Waals surface area contributed by atoms with E-state index in [4.69, 9.17) is 13.9 Å². The smallest absolute Gasteiger partial charge is 0.204 e. The highest BCUT2D eigenvalue weighted by Crippen LogP contribution is 2.39. The molecule has 2 N–H and O–H groups in total. The van der Waals surface area contributed by atoms with E-state index in [0.717, 1.165) is 34.6 Å². The van der Waals surface area contributed by atoms with Crippen molar-refractivity contribution in [1.29, 1.82) is 0 Å². The number of halogens is 2. The summed E-state index contributed by atoms with van der Waals surface area (Å²) < 4.78 is 18.3. The summed E-state index contributed by atoms with van der Waals surface area (Å²) in [5.41, 5.74) is 4.14. The molecular weight excluding hydrogens is 616 g/mol. The fourth-order valence-electron chi connectivity index (χ4n) is 4.20. The molecule has 38 heavy (non-hydrogen) atoms. The van der Waals surface area contributed by atoms with E-state index in [-0.39, 0.29) is 28.8 Å². The lowest BCUT2D eigenvalue weighted by Gasteiger charge is -2.18. The van der Waals surface area contributed by atoms with E-state index < -0.39 is 0 Å². The van der Waals surface area contributed by atoms with Crippen molar-refractivity contribution < 1.29 is 24.1 Å². The Morgan fingerprint density at radius 1 is 0.842 bits per heavy atom. The van der Waals surface area contributed by atoms with Crippen molar-refractivity contribution in [1.82, 2.24) is 0 Å². The van der Waals surface area contributed by atoms with E-state index in [1.807, 2.05) is 39.8 Å². The van der Waals surface area contributed by atoms with Gasteiger partial charge in [0.25, 0.3) is 0 Å². The number of aromatic hydroxyl groups is 1. The number of rotatable bonds is 13. The van der Waals surface area contributed by atoms with Gasteiger partial charge in [0, 0.05) is 33.9 Å². The molecule has 206 valence electrons. The summed E-state index contributed by atoms with van der Waals surface area (Å²) >= 11 is 6.83. The number of benzene rings is 2. The molecular formula is C30H36Br2O6. The van der Waals surface area contributed by atoms with Crippen molar-refractivity contribution in [3.05, 3.63) is 62.3 Å². The minimum absolute atomic E-state index is 0.109. The van der Waals surface area contributed by atoms with Crippen LogP contribution < -0.4 is 14.9 Å². The van der Waals surface area contributed by atoms with E-state index in [0.29, 0.717) is 65.2 Å². The van der Waals surface area contributed by atoms with Crippen LogP contribution in [0.4, 0.5) is 0 Å². The lowest BCUT2D eigenvalue weighted by atomic mass is 9.95. The number of aliphatic hydroxyl groups is 1. The van der Waals surface area contributed by atoms with Crippen LogP contribution in [0.25, 0.3) is 21.9 Å².